The summed E-state index contributed by atoms with van der Waals surface area (Å²) in [5.74, 6) is 0.0591. The highest BCUT2D eigenvalue weighted by molar-refractivity contribution is 6.04. The molecule has 2 N–H and O–H groups in total. The molecule has 2 aromatic rings. The summed E-state index contributed by atoms with van der Waals surface area (Å²) in [4.78, 5) is 24.6. The van der Waals surface area contributed by atoms with Gasteiger partial charge >= 0.3 is 0 Å². The van der Waals surface area contributed by atoms with E-state index in [0.717, 1.165) is 23.3 Å². The zero-order chi connectivity index (χ0) is 19.5. The zero-order valence-electron chi connectivity index (χ0n) is 15.6. The average molecular weight is 364 g/mol. The van der Waals surface area contributed by atoms with Gasteiger partial charge in [-0.05, 0) is 41.8 Å². The lowest BCUT2D eigenvalue weighted by Crippen LogP contribution is -2.34. The average Bonchev–Trinajstić information content (AvgIpc) is 2.71. The molecule has 0 unspecified atom stereocenters. The predicted octanol–water partition coefficient (Wildman–Crippen LogP) is 3.39. The number of rotatable bonds is 8. The Morgan fingerprint density at radius 3 is 2.33 bits per heavy atom. The SMILES string of the molecule is CCCNC(=O)/C(=C/c1ccccc1)NC(=O)/C=C/c1ccc(OC)cc1. The van der Waals surface area contributed by atoms with Crippen molar-refractivity contribution in [3.63, 3.8) is 0 Å². The Labute approximate surface area is 159 Å². The van der Waals surface area contributed by atoms with E-state index in [-0.39, 0.29) is 17.5 Å². The molecule has 0 bridgehead atoms. The summed E-state index contributed by atoms with van der Waals surface area (Å²) < 4.78 is 5.11. The van der Waals surface area contributed by atoms with Crippen LogP contribution >= 0.6 is 0 Å². The van der Waals surface area contributed by atoms with Gasteiger partial charge in [-0.3, -0.25) is 9.59 Å². The summed E-state index contributed by atoms with van der Waals surface area (Å²) in [6.07, 6.45) is 5.55. The van der Waals surface area contributed by atoms with Gasteiger partial charge in [-0.1, -0.05) is 49.4 Å². The van der Waals surface area contributed by atoms with E-state index >= 15 is 0 Å². The van der Waals surface area contributed by atoms with Crippen LogP contribution in [0.15, 0.2) is 66.4 Å². The topological polar surface area (TPSA) is 67.4 Å². The minimum absolute atomic E-state index is 0.207. The molecule has 2 amide bonds. The van der Waals surface area contributed by atoms with Gasteiger partial charge in [-0.2, -0.15) is 0 Å². The Morgan fingerprint density at radius 1 is 1.00 bits per heavy atom. The van der Waals surface area contributed by atoms with E-state index in [1.54, 1.807) is 19.3 Å². The van der Waals surface area contributed by atoms with Crippen LogP contribution in [0.2, 0.25) is 0 Å². The lowest BCUT2D eigenvalue weighted by molar-refractivity contribution is -0.121. The van der Waals surface area contributed by atoms with Crippen LogP contribution < -0.4 is 15.4 Å². The maximum absolute atomic E-state index is 12.4. The lowest BCUT2D eigenvalue weighted by Gasteiger charge is -2.09. The Kier molecular flexibility index (Phi) is 7.85. The second kappa shape index (κ2) is 10.6. The van der Waals surface area contributed by atoms with Gasteiger partial charge in [0, 0.05) is 12.6 Å². The first-order valence-corrected chi connectivity index (χ1v) is 8.80. The quantitative estimate of drug-likeness (QED) is 0.706. The van der Waals surface area contributed by atoms with Crippen LogP contribution in [0.3, 0.4) is 0 Å². The molecule has 5 heteroatoms. The third kappa shape index (κ3) is 6.82. The molecule has 0 aromatic heterocycles. The second-order valence-corrected chi connectivity index (χ2v) is 5.82. The van der Waals surface area contributed by atoms with Gasteiger partial charge in [-0.15, -0.1) is 0 Å². The molecule has 0 aliphatic carbocycles. The first-order valence-electron chi connectivity index (χ1n) is 8.80. The summed E-state index contributed by atoms with van der Waals surface area (Å²) in [6, 6.07) is 16.7. The van der Waals surface area contributed by atoms with Crippen LogP contribution in [0.1, 0.15) is 24.5 Å². The van der Waals surface area contributed by atoms with Crippen LogP contribution in [0.5, 0.6) is 5.75 Å². The van der Waals surface area contributed by atoms with Crippen LogP contribution in [-0.2, 0) is 9.59 Å². The Bertz CT molecular complexity index is 809. The van der Waals surface area contributed by atoms with E-state index in [2.05, 4.69) is 10.6 Å². The molecule has 0 saturated carbocycles. The van der Waals surface area contributed by atoms with Crippen molar-refractivity contribution in [2.24, 2.45) is 0 Å². The van der Waals surface area contributed by atoms with E-state index in [4.69, 9.17) is 4.74 Å². The van der Waals surface area contributed by atoms with Crippen molar-refractivity contribution in [1.82, 2.24) is 10.6 Å². The lowest BCUT2D eigenvalue weighted by atomic mass is 10.2. The zero-order valence-corrected chi connectivity index (χ0v) is 15.6. The Hall–Kier alpha value is -3.34. The first-order chi connectivity index (χ1) is 13.1. The van der Waals surface area contributed by atoms with E-state index in [1.807, 2.05) is 61.5 Å². The number of hydrogen-bond donors (Lipinski definition) is 2. The molecule has 0 aliphatic heterocycles. The summed E-state index contributed by atoms with van der Waals surface area (Å²) in [5.41, 5.74) is 1.90. The number of carbonyl (C=O) groups is 2. The molecule has 0 radical (unpaired) electrons. The first kappa shape index (κ1) is 20.0. The van der Waals surface area contributed by atoms with Gasteiger partial charge in [0.2, 0.25) is 5.91 Å². The van der Waals surface area contributed by atoms with E-state index < -0.39 is 0 Å². The molecule has 0 aliphatic rings. The molecule has 0 heterocycles. The number of carbonyl (C=O) groups excluding carboxylic acids is 2. The normalized spacial score (nSPS) is 11.3. The van der Waals surface area contributed by atoms with Crippen LogP contribution in [0, 0.1) is 0 Å². The highest BCUT2D eigenvalue weighted by Crippen LogP contribution is 2.12. The van der Waals surface area contributed by atoms with Crippen LogP contribution in [0.25, 0.3) is 12.2 Å². The standard InChI is InChI=1S/C22H24N2O3/c1-3-15-23-22(26)20(16-18-7-5-4-6-8-18)24-21(25)14-11-17-9-12-19(27-2)13-10-17/h4-14,16H,3,15H2,1-2H3,(H,23,26)(H,24,25)/b14-11+,20-16-. The maximum atomic E-state index is 12.4. The number of benzene rings is 2. The predicted molar refractivity (Wildman–Crippen MR) is 108 cm³/mol. The van der Waals surface area contributed by atoms with Crippen molar-refractivity contribution in [2.75, 3.05) is 13.7 Å². The molecule has 0 fully saturated rings. The number of nitrogens with one attached hydrogen (secondary N) is 2. The van der Waals surface area contributed by atoms with Gasteiger partial charge in [-0.25, -0.2) is 0 Å². The molecule has 5 nitrogen and oxygen atoms in total. The molecule has 2 rings (SSSR count). The molecular formula is C22H24N2O3. The number of methoxy groups -OCH3 is 1. The number of amides is 2. The molecule has 27 heavy (non-hydrogen) atoms. The third-order valence-electron chi connectivity index (χ3n) is 3.69. The Balaban J connectivity index is 2.10. The molecule has 2 aromatic carbocycles. The van der Waals surface area contributed by atoms with Crippen molar-refractivity contribution in [3.05, 3.63) is 77.5 Å². The van der Waals surface area contributed by atoms with E-state index in [1.165, 1.54) is 6.08 Å². The summed E-state index contributed by atoms with van der Waals surface area (Å²) in [5, 5.41) is 5.45. The number of hydrogen-bond acceptors (Lipinski definition) is 3. The molecule has 0 atom stereocenters. The minimum atomic E-state index is -0.375. The molecular weight excluding hydrogens is 340 g/mol. The van der Waals surface area contributed by atoms with Crippen molar-refractivity contribution in [1.29, 1.82) is 0 Å². The highest BCUT2D eigenvalue weighted by Gasteiger charge is 2.11. The van der Waals surface area contributed by atoms with Gasteiger partial charge in [0.15, 0.2) is 0 Å². The van der Waals surface area contributed by atoms with Crippen LogP contribution in [-0.4, -0.2) is 25.5 Å². The molecule has 0 saturated heterocycles. The van der Waals surface area contributed by atoms with Gasteiger partial charge in [0.1, 0.15) is 11.4 Å². The van der Waals surface area contributed by atoms with E-state index in [0.29, 0.717) is 6.54 Å². The summed E-state index contributed by atoms with van der Waals surface area (Å²) in [6.45, 7) is 2.51. The fourth-order valence-electron chi connectivity index (χ4n) is 2.27. The van der Waals surface area contributed by atoms with Crippen LogP contribution in [0.4, 0.5) is 0 Å². The Morgan fingerprint density at radius 2 is 1.70 bits per heavy atom. The fraction of sp³-hybridized carbons (Fsp3) is 0.182. The van der Waals surface area contributed by atoms with Gasteiger partial charge in [0.25, 0.3) is 5.91 Å². The second-order valence-electron chi connectivity index (χ2n) is 5.82. The van der Waals surface area contributed by atoms with Crippen molar-refractivity contribution in [3.8, 4) is 5.75 Å². The monoisotopic (exact) mass is 364 g/mol. The fourth-order valence-corrected chi connectivity index (χ4v) is 2.27. The van der Waals surface area contributed by atoms with Crippen molar-refractivity contribution in [2.45, 2.75) is 13.3 Å². The molecule has 0 spiro atoms. The number of ether oxygens (including phenoxy) is 1. The third-order valence-corrected chi connectivity index (χ3v) is 3.69. The summed E-state index contributed by atoms with van der Waals surface area (Å²) in [7, 11) is 1.60. The van der Waals surface area contributed by atoms with E-state index in [9.17, 15) is 9.59 Å². The minimum Gasteiger partial charge on any atom is -0.497 e. The van der Waals surface area contributed by atoms with Gasteiger partial charge in [0.05, 0.1) is 7.11 Å². The maximum Gasteiger partial charge on any atom is 0.267 e. The van der Waals surface area contributed by atoms with Crippen molar-refractivity contribution >= 4 is 24.0 Å². The van der Waals surface area contributed by atoms with Gasteiger partial charge < -0.3 is 15.4 Å². The highest BCUT2D eigenvalue weighted by atomic mass is 16.5. The smallest absolute Gasteiger partial charge is 0.267 e. The van der Waals surface area contributed by atoms with Crippen molar-refractivity contribution < 1.29 is 14.3 Å². The molecule has 140 valence electrons. The largest absolute Gasteiger partial charge is 0.497 e. The summed E-state index contributed by atoms with van der Waals surface area (Å²) >= 11 is 0.